The highest BCUT2D eigenvalue weighted by molar-refractivity contribution is 6.30. The normalized spacial score (nSPS) is 9.00. The summed E-state index contributed by atoms with van der Waals surface area (Å²) in [6, 6.07) is 1.85. The second kappa shape index (κ2) is 2.08. The number of aromatic nitrogens is 2. The Bertz CT molecular complexity index is 258. The maximum absolute atomic E-state index is 8.32. The second-order valence-corrected chi connectivity index (χ2v) is 1.96. The Hall–Kier alpha value is -1.01. The third kappa shape index (κ3) is 0.889. The molecule has 0 saturated carbocycles. The molecule has 0 aliphatic rings. The summed E-state index contributed by atoms with van der Waals surface area (Å²) in [6.07, 6.45) is 1.50. The molecule has 9 heavy (non-hydrogen) atoms. The molecule has 0 N–H and O–H groups in total. The molecule has 0 saturated heterocycles. The van der Waals surface area contributed by atoms with Crippen molar-refractivity contribution in [3.63, 3.8) is 0 Å². The minimum atomic E-state index is 0.277. The van der Waals surface area contributed by atoms with Crippen LogP contribution in [0.3, 0.4) is 0 Å². The molecule has 0 spiro atoms. The van der Waals surface area contributed by atoms with Gasteiger partial charge in [-0.2, -0.15) is 5.26 Å². The molecule has 0 radical (unpaired) electrons. The fourth-order valence-electron chi connectivity index (χ4n) is 0.490. The van der Waals surface area contributed by atoms with E-state index < -0.39 is 0 Å². The maximum Gasteiger partial charge on any atom is 0.177 e. The van der Waals surface area contributed by atoms with Crippen molar-refractivity contribution in [3.05, 3.63) is 17.2 Å². The van der Waals surface area contributed by atoms with E-state index in [2.05, 4.69) is 4.98 Å². The van der Waals surface area contributed by atoms with Gasteiger partial charge in [-0.3, -0.25) is 0 Å². The average molecular weight is 142 g/mol. The van der Waals surface area contributed by atoms with Gasteiger partial charge in [-0.1, -0.05) is 11.6 Å². The number of hydrogen-bond donors (Lipinski definition) is 0. The molecule has 0 aromatic carbocycles. The van der Waals surface area contributed by atoms with E-state index in [1.807, 2.05) is 6.07 Å². The summed E-state index contributed by atoms with van der Waals surface area (Å²) in [4.78, 5) is 3.70. The van der Waals surface area contributed by atoms with Gasteiger partial charge in [0.05, 0.1) is 6.33 Å². The van der Waals surface area contributed by atoms with E-state index in [9.17, 15) is 0 Å². The summed E-state index contributed by atoms with van der Waals surface area (Å²) in [5.41, 5.74) is 0.277. The van der Waals surface area contributed by atoms with Gasteiger partial charge in [-0.05, 0) is 0 Å². The maximum atomic E-state index is 8.32. The van der Waals surface area contributed by atoms with Crippen molar-refractivity contribution in [2.45, 2.75) is 0 Å². The zero-order chi connectivity index (χ0) is 6.85. The van der Waals surface area contributed by atoms with Gasteiger partial charge in [-0.25, -0.2) is 4.98 Å². The van der Waals surface area contributed by atoms with Crippen LogP contribution < -0.4 is 0 Å². The first-order chi connectivity index (χ1) is 4.25. The van der Waals surface area contributed by atoms with Gasteiger partial charge < -0.3 is 4.57 Å². The molecule has 3 nitrogen and oxygen atoms in total. The molecule has 0 bridgehead atoms. The van der Waals surface area contributed by atoms with Crippen LogP contribution in [0.15, 0.2) is 6.33 Å². The lowest BCUT2D eigenvalue weighted by Gasteiger charge is -1.86. The Morgan fingerprint density at radius 2 is 2.56 bits per heavy atom. The van der Waals surface area contributed by atoms with E-state index >= 15 is 0 Å². The van der Waals surface area contributed by atoms with E-state index in [-0.39, 0.29) is 5.69 Å². The Morgan fingerprint density at radius 1 is 1.89 bits per heavy atom. The Labute approximate surface area is 57.5 Å². The summed E-state index contributed by atoms with van der Waals surface area (Å²) >= 11 is 5.59. The van der Waals surface area contributed by atoms with Crippen molar-refractivity contribution in [2.24, 2.45) is 7.05 Å². The van der Waals surface area contributed by atoms with Crippen LogP contribution in [0.2, 0.25) is 5.15 Å². The molecule has 0 fully saturated rings. The molecule has 46 valence electrons. The van der Waals surface area contributed by atoms with Crippen LogP contribution in [0.4, 0.5) is 0 Å². The summed E-state index contributed by atoms with van der Waals surface area (Å²) in [6.45, 7) is 0. The van der Waals surface area contributed by atoms with Gasteiger partial charge in [0.1, 0.15) is 11.2 Å². The van der Waals surface area contributed by atoms with Crippen molar-refractivity contribution in [2.75, 3.05) is 0 Å². The Kier molecular flexibility index (Phi) is 1.41. The first-order valence-corrected chi connectivity index (χ1v) is 2.70. The third-order valence-corrected chi connectivity index (χ3v) is 1.42. The summed E-state index contributed by atoms with van der Waals surface area (Å²) in [5, 5.41) is 8.71. The molecular weight excluding hydrogens is 138 g/mol. The first kappa shape index (κ1) is 6.12. The van der Waals surface area contributed by atoms with Gasteiger partial charge in [0.25, 0.3) is 0 Å². The molecule has 0 aliphatic carbocycles. The fraction of sp³-hybridized carbons (Fsp3) is 0.200. The molecule has 0 unspecified atom stereocenters. The minimum Gasteiger partial charge on any atom is -0.324 e. The van der Waals surface area contributed by atoms with Crippen LogP contribution in [0.1, 0.15) is 5.69 Å². The predicted octanol–water partition coefficient (Wildman–Crippen LogP) is 0.945. The number of nitrogens with zero attached hydrogens (tertiary/aromatic N) is 3. The standard InChI is InChI=1S/C5H4ClN3/c1-9-3-8-4(2-7)5(9)6/h3H,1H3. The molecule has 0 amide bonds. The topological polar surface area (TPSA) is 41.6 Å². The smallest absolute Gasteiger partial charge is 0.177 e. The summed E-state index contributed by atoms with van der Waals surface area (Å²) in [5.74, 6) is 0. The highest BCUT2D eigenvalue weighted by atomic mass is 35.5. The third-order valence-electron chi connectivity index (χ3n) is 0.971. The van der Waals surface area contributed by atoms with Crippen LogP contribution in [0, 0.1) is 11.3 Å². The lowest BCUT2D eigenvalue weighted by molar-refractivity contribution is 0.914. The SMILES string of the molecule is Cn1cnc(C#N)c1Cl. The number of rotatable bonds is 0. The Morgan fingerprint density at radius 3 is 2.78 bits per heavy atom. The van der Waals surface area contributed by atoms with E-state index in [0.29, 0.717) is 5.15 Å². The van der Waals surface area contributed by atoms with E-state index in [1.165, 1.54) is 6.33 Å². The van der Waals surface area contributed by atoms with Crippen LogP contribution in [-0.4, -0.2) is 9.55 Å². The number of halogens is 1. The second-order valence-electron chi connectivity index (χ2n) is 1.61. The van der Waals surface area contributed by atoms with E-state index in [0.717, 1.165) is 0 Å². The first-order valence-electron chi connectivity index (χ1n) is 2.32. The van der Waals surface area contributed by atoms with E-state index in [1.54, 1.807) is 11.6 Å². The molecule has 1 aromatic rings. The largest absolute Gasteiger partial charge is 0.324 e. The number of hydrogen-bond acceptors (Lipinski definition) is 2. The van der Waals surface area contributed by atoms with Gasteiger partial charge in [0.15, 0.2) is 5.69 Å². The molecule has 0 atom stereocenters. The van der Waals surface area contributed by atoms with Crippen molar-refractivity contribution >= 4 is 11.6 Å². The molecule has 4 heteroatoms. The summed E-state index contributed by atoms with van der Waals surface area (Å²) in [7, 11) is 1.73. The quantitative estimate of drug-likeness (QED) is 0.540. The van der Waals surface area contributed by atoms with Crippen LogP contribution in [0.5, 0.6) is 0 Å². The highest BCUT2D eigenvalue weighted by Crippen LogP contribution is 2.10. The molecule has 1 aromatic heterocycles. The predicted molar refractivity (Wildman–Crippen MR) is 32.9 cm³/mol. The minimum absolute atomic E-state index is 0.277. The zero-order valence-corrected chi connectivity index (χ0v) is 5.55. The molecular formula is C5H4ClN3. The number of aryl methyl sites for hydroxylation is 1. The highest BCUT2D eigenvalue weighted by Gasteiger charge is 2.02. The fourth-order valence-corrected chi connectivity index (χ4v) is 0.625. The van der Waals surface area contributed by atoms with Gasteiger partial charge in [-0.15, -0.1) is 0 Å². The summed E-state index contributed by atoms with van der Waals surface area (Å²) < 4.78 is 1.58. The molecule has 1 rings (SSSR count). The lowest BCUT2D eigenvalue weighted by Crippen LogP contribution is -1.82. The average Bonchev–Trinajstić information content (AvgIpc) is 2.15. The zero-order valence-electron chi connectivity index (χ0n) is 4.80. The molecule has 1 heterocycles. The van der Waals surface area contributed by atoms with Crippen LogP contribution >= 0.6 is 11.6 Å². The van der Waals surface area contributed by atoms with Gasteiger partial charge >= 0.3 is 0 Å². The van der Waals surface area contributed by atoms with Crippen LogP contribution in [-0.2, 0) is 7.05 Å². The monoisotopic (exact) mass is 141 g/mol. The van der Waals surface area contributed by atoms with Crippen molar-refractivity contribution < 1.29 is 0 Å². The van der Waals surface area contributed by atoms with Gasteiger partial charge in [0, 0.05) is 7.05 Å². The number of nitriles is 1. The van der Waals surface area contributed by atoms with Crippen molar-refractivity contribution in [3.8, 4) is 6.07 Å². The Balaban J connectivity index is 3.24. The van der Waals surface area contributed by atoms with Crippen LogP contribution in [0.25, 0.3) is 0 Å². The van der Waals surface area contributed by atoms with E-state index in [4.69, 9.17) is 16.9 Å². The molecule has 0 aliphatic heterocycles. The van der Waals surface area contributed by atoms with Crippen molar-refractivity contribution in [1.82, 2.24) is 9.55 Å². The number of imidazole rings is 1. The van der Waals surface area contributed by atoms with Gasteiger partial charge in [0.2, 0.25) is 0 Å². The lowest BCUT2D eigenvalue weighted by atomic mass is 10.5. The van der Waals surface area contributed by atoms with Crippen molar-refractivity contribution in [1.29, 1.82) is 5.26 Å².